The number of benzene rings is 1. The molecule has 1 aliphatic heterocycles. The summed E-state index contributed by atoms with van der Waals surface area (Å²) in [5.74, 6) is 0.556. The number of rotatable bonds is 10. The van der Waals surface area contributed by atoms with E-state index in [1.165, 1.54) is 39.9 Å². The molecule has 1 saturated heterocycles. The summed E-state index contributed by atoms with van der Waals surface area (Å²) in [6, 6.07) is 4.76. The predicted molar refractivity (Wildman–Crippen MR) is 114 cm³/mol. The molecule has 0 atom stereocenters. The third-order valence-electron chi connectivity index (χ3n) is 5.01. The molecule has 0 aromatic heterocycles. The van der Waals surface area contributed by atoms with E-state index >= 15 is 0 Å². The summed E-state index contributed by atoms with van der Waals surface area (Å²) < 4.78 is 36.0. The van der Waals surface area contributed by atoms with Crippen LogP contribution in [-0.2, 0) is 14.8 Å². The fraction of sp³-hybridized carbons (Fsp3) is 0.650. The molecule has 2 rings (SSSR count). The third-order valence-corrected chi connectivity index (χ3v) is 6.16. The number of hydrogen-bond donors (Lipinski definition) is 1. The van der Waals surface area contributed by atoms with Crippen LogP contribution in [0.2, 0.25) is 0 Å². The number of anilines is 1. The molecule has 164 valence electrons. The van der Waals surface area contributed by atoms with Crippen LogP contribution < -0.4 is 19.1 Å². The van der Waals surface area contributed by atoms with Crippen molar-refractivity contribution in [3.05, 3.63) is 18.2 Å². The summed E-state index contributed by atoms with van der Waals surface area (Å²) in [6.07, 6.45) is 6.99. The smallest absolute Gasteiger partial charge is 0.240 e. The van der Waals surface area contributed by atoms with E-state index in [4.69, 9.17) is 9.47 Å². The van der Waals surface area contributed by atoms with Crippen LogP contribution in [0.1, 0.15) is 32.1 Å². The van der Waals surface area contributed by atoms with Crippen molar-refractivity contribution in [3.63, 3.8) is 0 Å². The first kappa shape index (κ1) is 23.3. The number of amides is 1. The Morgan fingerprint density at radius 1 is 1.10 bits per heavy atom. The SMILES string of the molecule is COc1ccc(N(CC(=O)NCCCN2CCCCCC2)S(C)(=O)=O)cc1OC. The number of carbonyl (C=O) groups excluding carboxylic acids is 1. The highest BCUT2D eigenvalue weighted by Gasteiger charge is 2.22. The second-order valence-electron chi connectivity index (χ2n) is 7.27. The molecular formula is C20H33N3O5S. The first-order chi connectivity index (χ1) is 13.8. The number of likely N-dealkylation sites (tertiary alicyclic amines) is 1. The van der Waals surface area contributed by atoms with Gasteiger partial charge in [-0.15, -0.1) is 0 Å². The van der Waals surface area contributed by atoms with Crippen LogP contribution in [0, 0.1) is 0 Å². The standard InChI is InChI=1S/C20H33N3O5S/c1-27-18-10-9-17(15-19(18)28-2)23(29(3,25)26)16-20(24)21-11-8-14-22-12-6-4-5-7-13-22/h9-10,15H,4-8,11-14,16H2,1-3H3,(H,21,24). The van der Waals surface area contributed by atoms with E-state index in [1.54, 1.807) is 18.2 Å². The van der Waals surface area contributed by atoms with Crippen LogP contribution >= 0.6 is 0 Å². The zero-order valence-corrected chi connectivity index (χ0v) is 18.5. The summed E-state index contributed by atoms with van der Waals surface area (Å²) in [4.78, 5) is 14.8. The highest BCUT2D eigenvalue weighted by Crippen LogP contribution is 2.32. The topological polar surface area (TPSA) is 88.2 Å². The number of methoxy groups -OCH3 is 2. The number of nitrogens with zero attached hydrogens (tertiary/aromatic N) is 2. The molecule has 0 spiro atoms. The van der Waals surface area contributed by atoms with Gasteiger partial charge >= 0.3 is 0 Å². The number of ether oxygens (including phenoxy) is 2. The molecular weight excluding hydrogens is 394 g/mol. The Bertz CT molecular complexity index is 761. The molecule has 1 aliphatic rings. The maximum Gasteiger partial charge on any atom is 0.240 e. The average Bonchev–Trinajstić information content (AvgIpc) is 2.97. The molecule has 0 radical (unpaired) electrons. The van der Waals surface area contributed by atoms with Crippen molar-refractivity contribution < 1.29 is 22.7 Å². The maximum atomic E-state index is 12.4. The largest absolute Gasteiger partial charge is 0.493 e. The molecule has 1 heterocycles. The zero-order chi connectivity index (χ0) is 21.3. The third kappa shape index (κ3) is 7.40. The van der Waals surface area contributed by atoms with Crippen LogP contribution in [0.4, 0.5) is 5.69 Å². The van der Waals surface area contributed by atoms with E-state index in [0.717, 1.165) is 36.6 Å². The Morgan fingerprint density at radius 2 is 1.76 bits per heavy atom. The van der Waals surface area contributed by atoms with E-state index in [1.807, 2.05) is 0 Å². The molecule has 29 heavy (non-hydrogen) atoms. The number of nitrogens with one attached hydrogen (secondary N) is 1. The highest BCUT2D eigenvalue weighted by molar-refractivity contribution is 7.92. The van der Waals surface area contributed by atoms with Crippen molar-refractivity contribution in [2.24, 2.45) is 0 Å². The lowest BCUT2D eigenvalue weighted by atomic mass is 10.2. The fourth-order valence-corrected chi connectivity index (χ4v) is 4.30. The Morgan fingerprint density at radius 3 is 2.34 bits per heavy atom. The van der Waals surface area contributed by atoms with Gasteiger partial charge in [0, 0.05) is 12.6 Å². The molecule has 1 aromatic rings. The van der Waals surface area contributed by atoms with Gasteiger partial charge in [-0.25, -0.2) is 8.42 Å². The van der Waals surface area contributed by atoms with Crippen molar-refractivity contribution in [2.45, 2.75) is 32.1 Å². The Labute approximate surface area is 174 Å². The van der Waals surface area contributed by atoms with Crippen molar-refractivity contribution >= 4 is 21.6 Å². The lowest BCUT2D eigenvalue weighted by molar-refractivity contribution is -0.119. The molecule has 1 amide bonds. The van der Waals surface area contributed by atoms with Crippen LogP contribution in [-0.4, -0.2) is 72.4 Å². The Kier molecular flexibility index (Phi) is 9.03. The van der Waals surface area contributed by atoms with Crippen LogP contribution in [0.15, 0.2) is 18.2 Å². The zero-order valence-electron chi connectivity index (χ0n) is 17.6. The van der Waals surface area contributed by atoms with E-state index in [9.17, 15) is 13.2 Å². The molecule has 9 heteroatoms. The first-order valence-corrected chi connectivity index (χ1v) is 11.9. The predicted octanol–water partition coefficient (Wildman–Crippen LogP) is 1.85. The minimum absolute atomic E-state index is 0.280. The summed E-state index contributed by atoms with van der Waals surface area (Å²) >= 11 is 0. The van der Waals surface area contributed by atoms with Gasteiger partial charge in [0.25, 0.3) is 0 Å². The summed E-state index contributed by atoms with van der Waals surface area (Å²) in [5, 5.41) is 2.83. The fourth-order valence-electron chi connectivity index (χ4n) is 3.46. The van der Waals surface area contributed by atoms with Gasteiger partial charge in [-0.3, -0.25) is 9.10 Å². The van der Waals surface area contributed by atoms with Gasteiger partial charge in [0.05, 0.1) is 26.2 Å². The lowest BCUT2D eigenvalue weighted by Crippen LogP contribution is -2.41. The lowest BCUT2D eigenvalue weighted by Gasteiger charge is -2.23. The van der Waals surface area contributed by atoms with Crippen molar-refractivity contribution in [3.8, 4) is 11.5 Å². The molecule has 0 unspecified atom stereocenters. The summed E-state index contributed by atoms with van der Waals surface area (Å²) in [7, 11) is -0.661. The highest BCUT2D eigenvalue weighted by atomic mass is 32.2. The van der Waals surface area contributed by atoms with Gasteiger partial charge in [0.1, 0.15) is 6.54 Å². The van der Waals surface area contributed by atoms with Crippen LogP contribution in [0.5, 0.6) is 11.5 Å². The van der Waals surface area contributed by atoms with Gasteiger partial charge in [0.2, 0.25) is 15.9 Å². The normalized spacial score (nSPS) is 15.4. The minimum Gasteiger partial charge on any atom is -0.493 e. The Hall–Kier alpha value is -2.00. The van der Waals surface area contributed by atoms with Gasteiger partial charge in [-0.1, -0.05) is 12.8 Å². The maximum absolute atomic E-state index is 12.4. The van der Waals surface area contributed by atoms with Gasteiger partial charge in [-0.05, 0) is 51.0 Å². The quantitative estimate of drug-likeness (QED) is 0.574. The molecule has 1 fully saturated rings. The first-order valence-electron chi connectivity index (χ1n) is 10.0. The van der Waals surface area contributed by atoms with E-state index in [-0.39, 0.29) is 12.5 Å². The van der Waals surface area contributed by atoms with E-state index in [0.29, 0.717) is 23.7 Å². The van der Waals surface area contributed by atoms with Crippen molar-refractivity contribution in [2.75, 3.05) is 57.5 Å². The molecule has 8 nitrogen and oxygen atoms in total. The molecule has 1 N–H and O–H groups in total. The van der Waals surface area contributed by atoms with Gasteiger partial charge in [0.15, 0.2) is 11.5 Å². The van der Waals surface area contributed by atoms with Gasteiger partial charge in [-0.2, -0.15) is 0 Å². The second-order valence-corrected chi connectivity index (χ2v) is 9.18. The van der Waals surface area contributed by atoms with Crippen LogP contribution in [0.3, 0.4) is 0 Å². The van der Waals surface area contributed by atoms with Gasteiger partial charge < -0.3 is 19.7 Å². The number of sulfonamides is 1. The molecule has 0 saturated carbocycles. The monoisotopic (exact) mass is 427 g/mol. The van der Waals surface area contributed by atoms with Crippen molar-refractivity contribution in [1.82, 2.24) is 10.2 Å². The number of hydrogen-bond acceptors (Lipinski definition) is 6. The van der Waals surface area contributed by atoms with E-state index < -0.39 is 10.0 Å². The Balaban J connectivity index is 1.92. The molecule has 0 aliphatic carbocycles. The minimum atomic E-state index is -3.64. The molecule has 1 aromatic carbocycles. The summed E-state index contributed by atoms with van der Waals surface area (Å²) in [6.45, 7) is 3.44. The average molecular weight is 428 g/mol. The second kappa shape index (κ2) is 11.3. The van der Waals surface area contributed by atoms with E-state index in [2.05, 4.69) is 10.2 Å². The number of carbonyl (C=O) groups is 1. The van der Waals surface area contributed by atoms with Crippen LogP contribution in [0.25, 0.3) is 0 Å². The van der Waals surface area contributed by atoms with Crippen molar-refractivity contribution in [1.29, 1.82) is 0 Å². The molecule has 0 bridgehead atoms. The summed E-state index contributed by atoms with van der Waals surface area (Å²) in [5.41, 5.74) is 0.352.